The molecule has 0 aromatic heterocycles. The SMILES string of the molecule is CCCCCCCCCCCC(=O)O.[Ag].[CH2-]CCC.[CH2-]CCC. The molecule has 0 saturated carbocycles. The molecule has 0 aliphatic carbocycles. The first-order chi connectivity index (χ1) is 10.6. The summed E-state index contributed by atoms with van der Waals surface area (Å²) >= 11 is 0. The number of carboxylic acids is 1. The fourth-order valence-electron chi connectivity index (χ4n) is 1.59. The van der Waals surface area contributed by atoms with Gasteiger partial charge in [-0.25, -0.2) is 0 Å². The van der Waals surface area contributed by atoms with Gasteiger partial charge in [-0.1, -0.05) is 85.0 Å². The zero-order valence-electron chi connectivity index (χ0n) is 16.0. The molecular weight excluding hydrogens is 380 g/mol. The Hall–Kier alpha value is 0.210. The van der Waals surface area contributed by atoms with Crippen molar-refractivity contribution in [2.75, 3.05) is 0 Å². The van der Waals surface area contributed by atoms with E-state index < -0.39 is 5.97 Å². The Morgan fingerprint density at radius 1 is 0.696 bits per heavy atom. The summed E-state index contributed by atoms with van der Waals surface area (Å²) in [5.41, 5.74) is 0. The average Bonchev–Trinajstić information content (AvgIpc) is 2.53. The van der Waals surface area contributed by atoms with Gasteiger partial charge in [-0.15, -0.1) is 0 Å². The molecule has 3 heteroatoms. The minimum Gasteiger partial charge on any atom is -0.481 e. The molecule has 0 bridgehead atoms. The summed E-state index contributed by atoms with van der Waals surface area (Å²) in [6.07, 6.45) is 16.0. The fourth-order valence-corrected chi connectivity index (χ4v) is 1.59. The molecule has 1 N–H and O–H groups in total. The van der Waals surface area contributed by atoms with E-state index in [0.29, 0.717) is 6.42 Å². The topological polar surface area (TPSA) is 37.3 Å². The predicted molar refractivity (Wildman–Crippen MR) is 100 cm³/mol. The van der Waals surface area contributed by atoms with Crippen molar-refractivity contribution in [3.05, 3.63) is 13.8 Å². The van der Waals surface area contributed by atoms with Crippen molar-refractivity contribution in [2.24, 2.45) is 0 Å². The molecule has 0 aromatic rings. The van der Waals surface area contributed by atoms with Crippen LogP contribution in [0, 0.1) is 13.8 Å². The quantitative estimate of drug-likeness (QED) is 0.205. The van der Waals surface area contributed by atoms with Crippen LogP contribution in [0.25, 0.3) is 0 Å². The standard InChI is InChI=1S/C12H24O2.2C4H9.Ag/c1-2-3-4-5-6-7-8-9-10-11-12(13)14;2*1-3-4-2;/h2-11H2,1H3,(H,13,14);2*1,3-4H2,2H3;/q;2*-1;. The van der Waals surface area contributed by atoms with E-state index in [0.717, 1.165) is 25.7 Å². The molecule has 0 spiro atoms. The van der Waals surface area contributed by atoms with Crippen LogP contribution in [0.15, 0.2) is 0 Å². The van der Waals surface area contributed by atoms with Gasteiger partial charge in [-0.3, -0.25) is 4.79 Å². The molecule has 0 saturated heterocycles. The van der Waals surface area contributed by atoms with Gasteiger partial charge in [0.1, 0.15) is 0 Å². The van der Waals surface area contributed by atoms with Crippen molar-refractivity contribution in [1.82, 2.24) is 0 Å². The maximum atomic E-state index is 10.2. The molecule has 147 valence electrons. The van der Waals surface area contributed by atoms with Gasteiger partial charge in [-0.2, -0.15) is 12.8 Å². The molecule has 0 fully saturated rings. The van der Waals surface area contributed by atoms with Crippen molar-refractivity contribution in [3.63, 3.8) is 0 Å². The number of aliphatic carboxylic acids is 1. The van der Waals surface area contributed by atoms with E-state index in [1.165, 1.54) is 57.8 Å². The predicted octanol–water partition coefficient (Wildman–Crippen LogP) is 7.23. The van der Waals surface area contributed by atoms with E-state index in [-0.39, 0.29) is 22.4 Å². The molecule has 23 heavy (non-hydrogen) atoms. The molecule has 0 aliphatic rings. The molecular formula is C20H42AgO2-2. The van der Waals surface area contributed by atoms with Crippen LogP contribution in [0.5, 0.6) is 0 Å². The van der Waals surface area contributed by atoms with Gasteiger partial charge < -0.3 is 19.0 Å². The van der Waals surface area contributed by atoms with Crippen molar-refractivity contribution in [2.45, 2.75) is 111 Å². The van der Waals surface area contributed by atoms with Gasteiger partial charge in [0.05, 0.1) is 0 Å². The Bertz CT molecular complexity index is 176. The van der Waals surface area contributed by atoms with Crippen molar-refractivity contribution in [1.29, 1.82) is 0 Å². The summed E-state index contributed by atoms with van der Waals surface area (Å²) in [4.78, 5) is 10.2. The van der Waals surface area contributed by atoms with Crippen molar-refractivity contribution < 1.29 is 32.3 Å². The molecule has 0 unspecified atom stereocenters. The van der Waals surface area contributed by atoms with Crippen LogP contribution in [-0.4, -0.2) is 11.1 Å². The van der Waals surface area contributed by atoms with E-state index >= 15 is 0 Å². The van der Waals surface area contributed by atoms with Gasteiger partial charge in [0.15, 0.2) is 0 Å². The van der Waals surface area contributed by atoms with Gasteiger partial charge in [0, 0.05) is 28.8 Å². The normalized spacial score (nSPS) is 8.91. The number of rotatable bonds is 12. The smallest absolute Gasteiger partial charge is 0.303 e. The third-order valence-electron chi connectivity index (χ3n) is 3.20. The van der Waals surface area contributed by atoms with Crippen molar-refractivity contribution >= 4 is 5.97 Å². The minimum atomic E-state index is -0.659. The molecule has 0 atom stereocenters. The number of carboxylic acid groups (broad SMARTS) is 1. The van der Waals surface area contributed by atoms with Crippen LogP contribution in [-0.2, 0) is 27.2 Å². The monoisotopic (exact) mass is 421 g/mol. The number of unbranched alkanes of at least 4 members (excludes halogenated alkanes) is 10. The molecule has 1 radical (unpaired) electrons. The molecule has 0 aliphatic heterocycles. The van der Waals surface area contributed by atoms with Crippen molar-refractivity contribution in [3.8, 4) is 0 Å². The third-order valence-corrected chi connectivity index (χ3v) is 3.20. The second-order valence-corrected chi connectivity index (χ2v) is 5.68. The summed E-state index contributed by atoms with van der Waals surface area (Å²) in [7, 11) is 0. The summed E-state index contributed by atoms with van der Waals surface area (Å²) in [6.45, 7) is 13.7. The Morgan fingerprint density at radius 3 is 1.26 bits per heavy atom. The second kappa shape index (κ2) is 33.7. The molecule has 0 aromatic carbocycles. The van der Waals surface area contributed by atoms with Crippen LogP contribution in [0.1, 0.15) is 111 Å². The zero-order chi connectivity index (χ0) is 17.5. The number of hydrogen-bond acceptors (Lipinski definition) is 1. The third kappa shape index (κ3) is 52.0. The van der Waals surface area contributed by atoms with E-state index in [4.69, 9.17) is 5.11 Å². The molecule has 0 heterocycles. The van der Waals surface area contributed by atoms with Gasteiger partial charge in [0.25, 0.3) is 0 Å². The van der Waals surface area contributed by atoms with Crippen LogP contribution in [0.4, 0.5) is 0 Å². The minimum absolute atomic E-state index is 0. The largest absolute Gasteiger partial charge is 0.481 e. The summed E-state index contributed by atoms with van der Waals surface area (Å²) in [5.74, 6) is -0.659. The maximum absolute atomic E-state index is 10.2. The summed E-state index contributed by atoms with van der Waals surface area (Å²) < 4.78 is 0. The zero-order valence-corrected chi connectivity index (χ0v) is 17.5. The van der Waals surface area contributed by atoms with E-state index in [1.54, 1.807) is 0 Å². The second-order valence-electron chi connectivity index (χ2n) is 5.68. The Kier molecular flexibility index (Phi) is 45.5. The molecule has 2 nitrogen and oxygen atoms in total. The first-order valence-corrected chi connectivity index (χ1v) is 9.40. The van der Waals surface area contributed by atoms with Crippen LogP contribution >= 0.6 is 0 Å². The summed E-state index contributed by atoms with van der Waals surface area (Å²) in [6, 6.07) is 0. The fraction of sp³-hybridized carbons (Fsp3) is 0.850. The Morgan fingerprint density at radius 2 is 1.00 bits per heavy atom. The van der Waals surface area contributed by atoms with Crippen LogP contribution in [0.3, 0.4) is 0 Å². The number of hydrogen-bond donors (Lipinski definition) is 1. The van der Waals surface area contributed by atoms with Gasteiger partial charge >= 0.3 is 5.97 Å². The van der Waals surface area contributed by atoms with Crippen LogP contribution < -0.4 is 0 Å². The van der Waals surface area contributed by atoms with E-state index in [2.05, 4.69) is 34.6 Å². The van der Waals surface area contributed by atoms with Gasteiger partial charge in [-0.05, 0) is 6.42 Å². The van der Waals surface area contributed by atoms with Crippen LogP contribution in [0.2, 0.25) is 0 Å². The average molecular weight is 422 g/mol. The van der Waals surface area contributed by atoms with E-state index in [9.17, 15) is 4.79 Å². The first-order valence-electron chi connectivity index (χ1n) is 9.40. The first kappa shape index (κ1) is 31.0. The molecule has 0 rings (SSSR count). The van der Waals surface area contributed by atoms with E-state index in [1.807, 2.05) is 0 Å². The van der Waals surface area contributed by atoms with Gasteiger partial charge in [0.2, 0.25) is 0 Å². The summed E-state index contributed by atoms with van der Waals surface area (Å²) in [5, 5.41) is 8.41. The Balaban J connectivity index is -0.000000167. The Labute approximate surface area is 162 Å². The molecule has 0 amide bonds. The number of carbonyl (C=O) groups is 1. The maximum Gasteiger partial charge on any atom is 0.303 e.